The molecular formula is C20H21ClO4. The van der Waals surface area contributed by atoms with Crippen LogP contribution in [0.1, 0.15) is 53.1 Å². The van der Waals surface area contributed by atoms with Gasteiger partial charge in [-0.1, -0.05) is 49.2 Å². The molecule has 0 amide bonds. The maximum absolute atomic E-state index is 12.0. The van der Waals surface area contributed by atoms with Crippen molar-refractivity contribution in [3.05, 3.63) is 70.2 Å². The Bertz CT molecular complexity index is 722. The maximum atomic E-state index is 12.0. The molecule has 132 valence electrons. The first kappa shape index (κ1) is 19.0. The van der Waals surface area contributed by atoms with Crippen LogP contribution in [0.2, 0.25) is 5.02 Å². The largest absolute Gasteiger partial charge is 0.481 e. The van der Waals surface area contributed by atoms with Crippen molar-refractivity contribution in [1.82, 2.24) is 0 Å². The number of carbonyl (C=O) groups excluding carboxylic acids is 1. The van der Waals surface area contributed by atoms with E-state index in [1.165, 1.54) is 7.11 Å². The third kappa shape index (κ3) is 4.60. The van der Waals surface area contributed by atoms with Crippen molar-refractivity contribution >= 4 is 23.5 Å². The topological polar surface area (TPSA) is 63.6 Å². The SMILES string of the molecule is CCCC(c1ccc(C(=O)OC)cc1)C(C(=O)O)c1ccc(Cl)cc1. The highest BCUT2D eigenvalue weighted by Gasteiger charge is 2.30. The fourth-order valence-corrected chi connectivity index (χ4v) is 3.16. The third-order valence-electron chi connectivity index (χ3n) is 4.26. The van der Waals surface area contributed by atoms with Crippen LogP contribution in [0, 0.1) is 0 Å². The van der Waals surface area contributed by atoms with Crippen molar-refractivity contribution in [2.45, 2.75) is 31.6 Å². The van der Waals surface area contributed by atoms with Crippen molar-refractivity contribution in [2.24, 2.45) is 0 Å². The third-order valence-corrected chi connectivity index (χ3v) is 4.51. The van der Waals surface area contributed by atoms with Crippen LogP contribution in [0.15, 0.2) is 48.5 Å². The van der Waals surface area contributed by atoms with E-state index in [9.17, 15) is 14.7 Å². The monoisotopic (exact) mass is 360 g/mol. The highest BCUT2D eigenvalue weighted by molar-refractivity contribution is 6.30. The molecule has 0 radical (unpaired) electrons. The molecule has 2 rings (SSSR count). The van der Waals surface area contributed by atoms with Gasteiger partial charge in [0, 0.05) is 10.9 Å². The average molecular weight is 361 g/mol. The lowest BCUT2D eigenvalue weighted by Gasteiger charge is -2.25. The number of rotatable bonds is 7. The second kappa shape index (κ2) is 8.67. The lowest BCUT2D eigenvalue weighted by Crippen LogP contribution is -2.20. The molecule has 0 aliphatic carbocycles. The number of esters is 1. The Morgan fingerprint density at radius 1 is 1.04 bits per heavy atom. The fraction of sp³-hybridized carbons (Fsp3) is 0.300. The summed E-state index contributed by atoms with van der Waals surface area (Å²) in [4.78, 5) is 23.6. The number of carbonyl (C=O) groups is 2. The Morgan fingerprint density at radius 3 is 2.08 bits per heavy atom. The van der Waals surface area contributed by atoms with Crippen LogP contribution in [0.5, 0.6) is 0 Å². The predicted molar refractivity (Wildman–Crippen MR) is 97.3 cm³/mol. The van der Waals surface area contributed by atoms with Crippen molar-refractivity contribution in [1.29, 1.82) is 0 Å². The summed E-state index contributed by atoms with van der Waals surface area (Å²) in [5, 5.41) is 10.4. The van der Waals surface area contributed by atoms with E-state index in [0.717, 1.165) is 18.4 Å². The van der Waals surface area contributed by atoms with E-state index < -0.39 is 17.9 Å². The van der Waals surface area contributed by atoms with Crippen LogP contribution in [0.4, 0.5) is 0 Å². The molecule has 25 heavy (non-hydrogen) atoms. The van der Waals surface area contributed by atoms with Crippen LogP contribution in [0.3, 0.4) is 0 Å². The van der Waals surface area contributed by atoms with Gasteiger partial charge in [0.1, 0.15) is 0 Å². The van der Waals surface area contributed by atoms with Gasteiger partial charge in [0.15, 0.2) is 0 Å². The minimum Gasteiger partial charge on any atom is -0.481 e. The first-order chi connectivity index (χ1) is 12.0. The van der Waals surface area contributed by atoms with Gasteiger partial charge in [0.2, 0.25) is 0 Å². The summed E-state index contributed by atoms with van der Waals surface area (Å²) in [6, 6.07) is 13.9. The molecule has 1 N–H and O–H groups in total. The van der Waals surface area contributed by atoms with Crippen molar-refractivity contribution in [3.63, 3.8) is 0 Å². The standard InChI is InChI=1S/C20H21ClO4/c1-3-4-17(13-5-7-15(8-6-13)20(24)25-2)18(19(22)23)14-9-11-16(21)12-10-14/h5-12,17-18H,3-4H2,1-2H3,(H,22,23). The zero-order valence-corrected chi connectivity index (χ0v) is 15.0. The van der Waals surface area contributed by atoms with Gasteiger partial charge in [0.05, 0.1) is 18.6 Å². The molecular weight excluding hydrogens is 340 g/mol. The van der Waals surface area contributed by atoms with E-state index >= 15 is 0 Å². The van der Waals surface area contributed by atoms with E-state index in [2.05, 4.69) is 0 Å². The highest BCUT2D eigenvalue weighted by Crippen LogP contribution is 2.37. The summed E-state index contributed by atoms with van der Waals surface area (Å²) >= 11 is 5.92. The number of carboxylic acid groups (broad SMARTS) is 1. The Balaban J connectivity index is 2.41. The van der Waals surface area contributed by atoms with Crippen molar-refractivity contribution in [3.8, 4) is 0 Å². The molecule has 0 aliphatic heterocycles. The molecule has 2 aromatic rings. The summed E-state index contributed by atoms with van der Waals surface area (Å²) in [5.41, 5.74) is 2.05. The molecule has 0 aliphatic rings. The van der Waals surface area contributed by atoms with Crippen LogP contribution < -0.4 is 0 Å². The fourth-order valence-electron chi connectivity index (χ4n) is 3.04. The molecule has 4 nitrogen and oxygen atoms in total. The predicted octanol–water partition coefficient (Wildman–Crippen LogP) is 4.88. The van der Waals surface area contributed by atoms with E-state index in [-0.39, 0.29) is 5.92 Å². The quantitative estimate of drug-likeness (QED) is 0.715. The number of ether oxygens (including phenoxy) is 1. The highest BCUT2D eigenvalue weighted by atomic mass is 35.5. The van der Waals surface area contributed by atoms with E-state index in [0.29, 0.717) is 16.1 Å². The van der Waals surface area contributed by atoms with Crippen LogP contribution in [-0.2, 0) is 9.53 Å². The lowest BCUT2D eigenvalue weighted by molar-refractivity contribution is -0.139. The van der Waals surface area contributed by atoms with E-state index in [1.807, 2.05) is 6.92 Å². The van der Waals surface area contributed by atoms with Crippen molar-refractivity contribution in [2.75, 3.05) is 7.11 Å². The second-order valence-electron chi connectivity index (χ2n) is 5.88. The van der Waals surface area contributed by atoms with Gasteiger partial charge >= 0.3 is 11.9 Å². The van der Waals surface area contributed by atoms with Gasteiger partial charge in [-0.3, -0.25) is 4.79 Å². The Labute approximate surface area is 152 Å². The van der Waals surface area contributed by atoms with Crippen LogP contribution in [0.25, 0.3) is 0 Å². The van der Waals surface area contributed by atoms with Crippen LogP contribution >= 0.6 is 11.6 Å². The molecule has 2 aromatic carbocycles. The Kier molecular flexibility index (Phi) is 6.59. The molecule has 0 spiro atoms. The minimum absolute atomic E-state index is 0.199. The number of benzene rings is 2. The number of hydrogen-bond donors (Lipinski definition) is 1. The summed E-state index contributed by atoms with van der Waals surface area (Å²) in [5.74, 6) is -2.17. The zero-order valence-electron chi connectivity index (χ0n) is 14.2. The van der Waals surface area contributed by atoms with Gasteiger partial charge in [-0.25, -0.2) is 4.79 Å². The van der Waals surface area contributed by atoms with Gasteiger partial charge < -0.3 is 9.84 Å². The number of halogens is 1. The molecule has 5 heteroatoms. The molecule has 0 aromatic heterocycles. The van der Waals surface area contributed by atoms with E-state index in [4.69, 9.17) is 16.3 Å². The second-order valence-corrected chi connectivity index (χ2v) is 6.31. The normalized spacial score (nSPS) is 13.1. The van der Waals surface area contributed by atoms with Gasteiger partial charge in [-0.2, -0.15) is 0 Å². The van der Waals surface area contributed by atoms with Crippen LogP contribution in [-0.4, -0.2) is 24.2 Å². The Morgan fingerprint density at radius 2 is 1.60 bits per heavy atom. The smallest absolute Gasteiger partial charge is 0.337 e. The first-order valence-electron chi connectivity index (χ1n) is 8.14. The van der Waals surface area contributed by atoms with Gasteiger partial charge in [-0.05, 0) is 41.8 Å². The van der Waals surface area contributed by atoms with Gasteiger partial charge in [-0.15, -0.1) is 0 Å². The molecule has 0 heterocycles. The maximum Gasteiger partial charge on any atom is 0.337 e. The molecule has 0 saturated carbocycles. The summed E-state index contributed by atoms with van der Waals surface area (Å²) in [6.45, 7) is 2.02. The number of hydrogen-bond acceptors (Lipinski definition) is 3. The number of methoxy groups -OCH3 is 1. The molecule has 0 bridgehead atoms. The van der Waals surface area contributed by atoms with Crippen molar-refractivity contribution < 1.29 is 19.4 Å². The average Bonchev–Trinajstić information content (AvgIpc) is 2.62. The summed E-state index contributed by atoms with van der Waals surface area (Å²) in [6.07, 6.45) is 1.57. The summed E-state index contributed by atoms with van der Waals surface area (Å²) < 4.78 is 4.70. The molecule has 0 fully saturated rings. The molecule has 2 unspecified atom stereocenters. The first-order valence-corrected chi connectivity index (χ1v) is 8.52. The number of aliphatic carboxylic acids is 1. The summed E-state index contributed by atoms with van der Waals surface area (Å²) in [7, 11) is 1.33. The minimum atomic E-state index is -0.877. The van der Waals surface area contributed by atoms with E-state index in [1.54, 1.807) is 48.5 Å². The van der Waals surface area contributed by atoms with Gasteiger partial charge in [0.25, 0.3) is 0 Å². The molecule has 2 atom stereocenters. The number of carboxylic acids is 1. The lowest BCUT2D eigenvalue weighted by atomic mass is 9.78. The Hall–Kier alpha value is -2.33. The molecule has 0 saturated heterocycles. The zero-order chi connectivity index (χ0) is 18.4.